The van der Waals surface area contributed by atoms with E-state index in [1.54, 1.807) is 6.92 Å². The average molecular weight is 345 g/mol. The fourth-order valence-corrected chi connectivity index (χ4v) is 3.71. The normalized spacial score (nSPS) is 11.4. The number of nitrogens with one attached hydrogen (secondary N) is 1. The van der Waals surface area contributed by atoms with E-state index in [2.05, 4.69) is 10.2 Å². The van der Waals surface area contributed by atoms with Gasteiger partial charge in [0, 0.05) is 19.6 Å². The number of sulfonamides is 1. The second-order valence-corrected chi connectivity index (χ2v) is 6.69. The van der Waals surface area contributed by atoms with Gasteiger partial charge in [-0.05, 0) is 18.9 Å². The summed E-state index contributed by atoms with van der Waals surface area (Å²) in [5.74, 6) is 0. The van der Waals surface area contributed by atoms with Crippen LogP contribution in [0.15, 0.2) is 41.4 Å². The van der Waals surface area contributed by atoms with Gasteiger partial charge in [-0.1, -0.05) is 30.3 Å². The van der Waals surface area contributed by atoms with Gasteiger partial charge in [0.1, 0.15) is 4.90 Å². The molecule has 0 fully saturated rings. The second kappa shape index (κ2) is 8.28. The Hall–Kier alpha value is -1.41. The van der Waals surface area contributed by atoms with Gasteiger partial charge in [-0.2, -0.15) is 9.40 Å². The zero-order valence-electron chi connectivity index (χ0n) is 12.4. The molecule has 0 unspecified atom stereocenters. The molecule has 0 aliphatic rings. The molecule has 0 aliphatic carbocycles. The van der Waals surface area contributed by atoms with E-state index in [-0.39, 0.29) is 23.8 Å². The minimum atomic E-state index is -3.56. The standard InChI is InChI=1S/C14H20N4O2S.ClH/c1-12-14(11-16-17-12)21(19,20)18(10-8-15)9-7-13-5-3-2-4-6-13;/h2-6,11H,7-10,15H2,1H3,(H,16,17);1H. The summed E-state index contributed by atoms with van der Waals surface area (Å²) in [6, 6.07) is 9.79. The van der Waals surface area contributed by atoms with Crippen molar-refractivity contribution < 1.29 is 8.42 Å². The molecule has 0 radical (unpaired) electrons. The average Bonchev–Trinajstić information content (AvgIpc) is 2.91. The molecule has 2 rings (SSSR count). The molecule has 0 bridgehead atoms. The van der Waals surface area contributed by atoms with Crippen LogP contribution in [0, 0.1) is 6.92 Å². The van der Waals surface area contributed by atoms with Gasteiger partial charge in [0.05, 0.1) is 11.9 Å². The summed E-state index contributed by atoms with van der Waals surface area (Å²) in [4.78, 5) is 0.212. The van der Waals surface area contributed by atoms with Gasteiger partial charge in [0.2, 0.25) is 10.0 Å². The number of hydrogen-bond donors (Lipinski definition) is 2. The molecule has 6 nitrogen and oxygen atoms in total. The first kappa shape index (κ1) is 18.6. The van der Waals surface area contributed by atoms with Gasteiger partial charge >= 0.3 is 0 Å². The highest BCUT2D eigenvalue weighted by atomic mass is 35.5. The van der Waals surface area contributed by atoms with Gasteiger partial charge in [-0.25, -0.2) is 8.42 Å². The Morgan fingerprint density at radius 2 is 1.91 bits per heavy atom. The smallest absolute Gasteiger partial charge is 0.246 e. The highest BCUT2D eigenvalue weighted by Crippen LogP contribution is 2.17. The monoisotopic (exact) mass is 344 g/mol. The molecule has 2 aromatic rings. The lowest BCUT2D eigenvalue weighted by Gasteiger charge is -2.21. The van der Waals surface area contributed by atoms with Crippen molar-refractivity contribution in [1.29, 1.82) is 0 Å². The molecule has 1 aromatic carbocycles. The van der Waals surface area contributed by atoms with Gasteiger partial charge in [-0.15, -0.1) is 12.4 Å². The first-order valence-electron chi connectivity index (χ1n) is 6.80. The Bertz CT molecular complexity index is 673. The van der Waals surface area contributed by atoms with Crippen molar-refractivity contribution in [3.63, 3.8) is 0 Å². The molecule has 1 heterocycles. The number of hydrogen-bond acceptors (Lipinski definition) is 4. The van der Waals surface area contributed by atoms with Crippen molar-refractivity contribution in [2.45, 2.75) is 18.2 Å². The zero-order chi connectivity index (χ0) is 15.3. The van der Waals surface area contributed by atoms with Gasteiger partial charge < -0.3 is 5.73 Å². The van der Waals surface area contributed by atoms with Gasteiger partial charge in [0.25, 0.3) is 0 Å². The molecule has 122 valence electrons. The predicted octanol–water partition coefficient (Wildman–Crippen LogP) is 1.33. The van der Waals surface area contributed by atoms with E-state index in [1.807, 2.05) is 30.3 Å². The van der Waals surface area contributed by atoms with Crippen molar-refractivity contribution in [3.05, 3.63) is 47.8 Å². The molecule has 0 saturated heterocycles. The number of aryl methyl sites for hydroxylation is 1. The summed E-state index contributed by atoms with van der Waals surface area (Å²) in [5, 5.41) is 6.45. The zero-order valence-corrected chi connectivity index (χ0v) is 14.0. The van der Waals surface area contributed by atoms with E-state index in [9.17, 15) is 8.42 Å². The Kier molecular flexibility index (Phi) is 7.02. The minimum Gasteiger partial charge on any atom is -0.329 e. The molecule has 0 amide bonds. The lowest BCUT2D eigenvalue weighted by Crippen LogP contribution is -2.37. The number of halogens is 1. The van der Waals surface area contributed by atoms with Crippen molar-refractivity contribution in [2.24, 2.45) is 5.73 Å². The number of benzene rings is 1. The van der Waals surface area contributed by atoms with Crippen LogP contribution in [-0.2, 0) is 16.4 Å². The summed E-state index contributed by atoms with van der Waals surface area (Å²) in [6.45, 7) is 2.66. The van der Waals surface area contributed by atoms with Crippen LogP contribution >= 0.6 is 12.4 Å². The molecule has 0 aliphatic heterocycles. The Balaban J connectivity index is 0.00000242. The van der Waals surface area contributed by atoms with Crippen molar-refractivity contribution in [1.82, 2.24) is 14.5 Å². The largest absolute Gasteiger partial charge is 0.329 e. The maximum atomic E-state index is 12.6. The van der Waals surface area contributed by atoms with Crippen LogP contribution in [0.3, 0.4) is 0 Å². The lowest BCUT2D eigenvalue weighted by molar-refractivity contribution is 0.421. The third-order valence-electron chi connectivity index (χ3n) is 3.27. The molecule has 3 N–H and O–H groups in total. The molecular formula is C14H21ClN4O2S. The highest BCUT2D eigenvalue weighted by molar-refractivity contribution is 7.89. The fraction of sp³-hybridized carbons (Fsp3) is 0.357. The van der Waals surface area contributed by atoms with Crippen molar-refractivity contribution in [2.75, 3.05) is 19.6 Å². The maximum absolute atomic E-state index is 12.6. The molecule has 0 spiro atoms. The van der Waals surface area contributed by atoms with E-state index >= 15 is 0 Å². The quantitative estimate of drug-likeness (QED) is 0.792. The molecular weight excluding hydrogens is 324 g/mol. The number of nitrogens with zero attached hydrogens (tertiary/aromatic N) is 2. The molecule has 22 heavy (non-hydrogen) atoms. The minimum absolute atomic E-state index is 0. The second-order valence-electron chi connectivity index (χ2n) is 4.79. The number of aromatic amines is 1. The van der Waals surface area contributed by atoms with Crippen LogP contribution in [-0.4, -0.2) is 42.6 Å². The van der Waals surface area contributed by atoms with Crippen LogP contribution in [0.25, 0.3) is 0 Å². The van der Waals surface area contributed by atoms with E-state index in [4.69, 9.17) is 5.73 Å². The summed E-state index contributed by atoms with van der Waals surface area (Å²) in [7, 11) is -3.56. The third kappa shape index (κ3) is 4.30. The number of rotatable bonds is 7. The highest BCUT2D eigenvalue weighted by Gasteiger charge is 2.26. The SMILES string of the molecule is Cc1[nH]ncc1S(=O)(=O)N(CCN)CCc1ccccc1.Cl. The van der Waals surface area contributed by atoms with E-state index in [1.165, 1.54) is 10.5 Å². The van der Waals surface area contributed by atoms with Crippen LogP contribution in [0.5, 0.6) is 0 Å². The Morgan fingerprint density at radius 3 is 2.45 bits per heavy atom. The van der Waals surface area contributed by atoms with Crippen LogP contribution in [0.2, 0.25) is 0 Å². The van der Waals surface area contributed by atoms with Crippen LogP contribution < -0.4 is 5.73 Å². The number of aromatic nitrogens is 2. The Labute approximate surface area is 137 Å². The lowest BCUT2D eigenvalue weighted by atomic mass is 10.1. The molecule has 0 saturated carbocycles. The molecule has 0 atom stereocenters. The fourth-order valence-electron chi connectivity index (χ4n) is 2.13. The van der Waals surface area contributed by atoms with Crippen LogP contribution in [0.4, 0.5) is 0 Å². The summed E-state index contributed by atoms with van der Waals surface area (Å²) in [6.07, 6.45) is 1.99. The first-order valence-corrected chi connectivity index (χ1v) is 8.24. The summed E-state index contributed by atoms with van der Waals surface area (Å²) >= 11 is 0. The Morgan fingerprint density at radius 1 is 1.23 bits per heavy atom. The van der Waals surface area contributed by atoms with Gasteiger partial charge in [-0.3, -0.25) is 5.10 Å². The maximum Gasteiger partial charge on any atom is 0.246 e. The first-order chi connectivity index (χ1) is 10.1. The van der Waals surface area contributed by atoms with Crippen LogP contribution in [0.1, 0.15) is 11.3 Å². The van der Waals surface area contributed by atoms with E-state index in [0.29, 0.717) is 25.2 Å². The summed E-state index contributed by atoms with van der Waals surface area (Å²) < 4.78 is 26.7. The van der Waals surface area contributed by atoms with E-state index in [0.717, 1.165) is 5.56 Å². The van der Waals surface area contributed by atoms with Gasteiger partial charge in [0.15, 0.2) is 0 Å². The number of nitrogens with two attached hydrogens (primary N) is 1. The predicted molar refractivity (Wildman–Crippen MR) is 88.5 cm³/mol. The third-order valence-corrected chi connectivity index (χ3v) is 5.29. The van der Waals surface area contributed by atoms with Crippen molar-refractivity contribution in [3.8, 4) is 0 Å². The topological polar surface area (TPSA) is 92.1 Å². The molecule has 1 aromatic heterocycles. The van der Waals surface area contributed by atoms with Crippen molar-refractivity contribution >= 4 is 22.4 Å². The number of H-pyrrole nitrogens is 1. The molecule has 8 heteroatoms. The summed E-state index contributed by atoms with van der Waals surface area (Å²) in [5.41, 5.74) is 7.19. The van der Waals surface area contributed by atoms with E-state index < -0.39 is 10.0 Å².